The minimum absolute atomic E-state index is 0.0987. The van der Waals surface area contributed by atoms with Gasteiger partial charge >= 0.3 is 0 Å². The third-order valence-electron chi connectivity index (χ3n) is 6.02. The molecule has 32 heavy (non-hydrogen) atoms. The van der Waals surface area contributed by atoms with Gasteiger partial charge in [-0.15, -0.1) is 0 Å². The lowest BCUT2D eigenvalue weighted by Gasteiger charge is -2.33. The Morgan fingerprint density at radius 2 is 1.72 bits per heavy atom. The van der Waals surface area contributed by atoms with Crippen molar-refractivity contribution in [3.05, 3.63) is 70.2 Å². The van der Waals surface area contributed by atoms with Gasteiger partial charge in [0.15, 0.2) is 0 Å². The topological polar surface area (TPSA) is 61.4 Å². The van der Waals surface area contributed by atoms with Crippen LogP contribution in [-0.2, 0) is 11.3 Å². The van der Waals surface area contributed by atoms with Gasteiger partial charge in [-0.1, -0.05) is 49.7 Å². The van der Waals surface area contributed by atoms with Crippen LogP contribution in [0.1, 0.15) is 54.6 Å². The molecule has 2 aromatic rings. The maximum Gasteiger partial charge on any atom is 0.251 e. The van der Waals surface area contributed by atoms with Crippen LogP contribution < -0.4 is 10.6 Å². The first-order chi connectivity index (χ1) is 15.3. The van der Waals surface area contributed by atoms with Gasteiger partial charge in [-0.05, 0) is 67.5 Å². The van der Waals surface area contributed by atoms with Crippen LogP contribution in [0.2, 0.25) is 5.02 Å². The Morgan fingerprint density at radius 1 is 1.06 bits per heavy atom. The molecule has 1 saturated heterocycles. The van der Waals surface area contributed by atoms with Gasteiger partial charge < -0.3 is 10.6 Å². The first kappa shape index (κ1) is 24.3. The number of nitrogens with zero attached hydrogens (tertiary/aromatic N) is 1. The Morgan fingerprint density at radius 3 is 2.34 bits per heavy atom. The maximum atomic E-state index is 13.0. The lowest BCUT2D eigenvalue weighted by atomic mass is 10.00. The lowest BCUT2D eigenvalue weighted by molar-refractivity contribution is -0.124. The Labute approximate surface area is 196 Å². The predicted molar refractivity (Wildman–Crippen MR) is 130 cm³/mol. The molecule has 1 aliphatic rings. The number of hydrogen-bond acceptors (Lipinski definition) is 3. The summed E-state index contributed by atoms with van der Waals surface area (Å²) in [7, 11) is 0. The van der Waals surface area contributed by atoms with Gasteiger partial charge in [0, 0.05) is 36.3 Å². The minimum Gasteiger partial charge on any atom is -0.351 e. The number of piperidine rings is 1. The molecule has 1 fully saturated rings. The number of aryl methyl sites for hydroxylation is 1. The van der Waals surface area contributed by atoms with Gasteiger partial charge in [0.05, 0.1) is 0 Å². The number of amides is 2. The highest BCUT2D eigenvalue weighted by Gasteiger charge is 2.27. The largest absolute Gasteiger partial charge is 0.351 e. The van der Waals surface area contributed by atoms with E-state index in [1.165, 1.54) is 11.1 Å². The van der Waals surface area contributed by atoms with Crippen molar-refractivity contribution < 1.29 is 9.59 Å². The highest BCUT2D eigenvalue weighted by atomic mass is 35.5. The lowest BCUT2D eigenvalue weighted by Crippen LogP contribution is -2.52. The molecule has 0 bridgehead atoms. The first-order valence-electron chi connectivity index (χ1n) is 11.5. The molecule has 0 radical (unpaired) electrons. The van der Waals surface area contributed by atoms with E-state index in [1.807, 2.05) is 0 Å². The van der Waals surface area contributed by atoms with E-state index in [2.05, 4.69) is 60.6 Å². The zero-order valence-electron chi connectivity index (χ0n) is 19.2. The zero-order valence-corrected chi connectivity index (χ0v) is 20.0. The number of likely N-dealkylation sites (tertiary alicyclic amines) is 1. The number of rotatable bonds is 8. The Bertz CT molecular complexity index is 906. The van der Waals surface area contributed by atoms with Crippen LogP contribution in [0, 0.1) is 12.8 Å². The number of benzene rings is 2. The molecule has 0 aromatic heterocycles. The summed E-state index contributed by atoms with van der Waals surface area (Å²) in [6.45, 7) is 9.10. The van der Waals surface area contributed by atoms with E-state index < -0.39 is 6.04 Å². The van der Waals surface area contributed by atoms with Gasteiger partial charge in [-0.25, -0.2) is 0 Å². The summed E-state index contributed by atoms with van der Waals surface area (Å²) in [4.78, 5) is 28.1. The molecular formula is C26H34ClN3O2. The third kappa shape index (κ3) is 7.07. The second kappa shape index (κ2) is 11.5. The van der Waals surface area contributed by atoms with E-state index in [9.17, 15) is 9.59 Å². The van der Waals surface area contributed by atoms with Crippen LogP contribution in [0.5, 0.6) is 0 Å². The van der Waals surface area contributed by atoms with Crippen LogP contribution in [0.3, 0.4) is 0 Å². The zero-order chi connectivity index (χ0) is 23.1. The number of carbonyl (C=O) groups excluding carboxylic acids is 2. The molecule has 2 aromatic carbocycles. The molecule has 2 N–H and O–H groups in total. The van der Waals surface area contributed by atoms with E-state index in [0.29, 0.717) is 17.0 Å². The Kier molecular flexibility index (Phi) is 8.71. The fourth-order valence-electron chi connectivity index (χ4n) is 4.11. The quantitative estimate of drug-likeness (QED) is 0.612. The number of halogens is 1. The molecule has 172 valence electrons. The molecule has 1 heterocycles. The standard InChI is InChI=1S/C26H34ClN3O2/c1-18(2)16-24(29-25(31)20-8-10-22(27)11-9-20)26(32)28-23-12-14-30(15-13-23)17-21-7-5-4-6-19(21)3/h4-11,18,23-24H,12-17H2,1-3H3,(H,28,32)(H,29,31). The van der Waals surface area contributed by atoms with Crippen molar-refractivity contribution in [2.45, 2.75) is 58.7 Å². The second-order valence-corrected chi connectivity index (χ2v) is 9.58. The van der Waals surface area contributed by atoms with Crippen molar-refractivity contribution in [2.75, 3.05) is 13.1 Å². The molecule has 5 nitrogen and oxygen atoms in total. The number of hydrogen-bond donors (Lipinski definition) is 2. The molecule has 3 rings (SSSR count). The van der Waals surface area contributed by atoms with Crippen LogP contribution in [-0.4, -0.2) is 41.9 Å². The molecule has 2 amide bonds. The molecule has 6 heteroatoms. The average molecular weight is 456 g/mol. The van der Waals surface area contributed by atoms with Crippen molar-refractivity contribution in [2.24, 2.45) is 5.92 Å². The second-order valence-electron chi connectivity index (χ2n) is 9.15. The normalized spacial score (nSPS) is 16.0. The molecular weight excluding hydrogens is 422 g/mol. The van der Waals surface area contributed by atoms with Crippen LogP contribution >= 0.6 is 11.6 Å². The fourth-order valence-corrected chi connectivity index (χ4v) is 4.24. The molecule has 0 spiro atoms. The number of carbonyl (C=O) groups is 2. The van der Waals surface area contributed by atoms with E-state index in [4.69, 9.17) is 11.6 Å². The van der Waals surface area contributed by atoms with Crippen LogP contribution in [0.25, 0.3) is 0 Å². The van der Waals surface area contributed by atoms with Gasteiger partial charge in [-0.2, -0.15) is 0 Å². The average Bonchev–Trinajstić information content (AvgIpc) is 2.76. The van der Waals surface area contributed by atoms with Crippen molar-refractivity contribution in [1.29, 1.82) is 0 Å². The SMILES string of the molecule is Cc1ccccc1CN1CCC(NC(=O)C(CC(C)C)NC(=O)c2ccc(Cl)cc2)CC1. The molecule has 0 saturated carbocycles. The van der Waals surface area contributed by atoms with E-state index in [1.54, 1.807) is 24.3 Å². The van der Waals surface area contributed by atoms with Gasteiger partial charge in [-0.3, -0.25) is 14.5 Å². The van der Waals surface area contributed by atoms with Crippen LogP contribution in [0.4, 0.5) is 0 Å². The smallest absolute Gasteiger partial charge is 0.251 e. The maximum absolute atomic E-state index is 13.0. The molecule has 0 aliphatic carbocycles. The summed E-state index contributed by atoms with van der Waals surface area (Å²) in [5.41, 5.74) is 3.17. The summed E-state index contributed by atoms with van der Waals surface area (Å²) < 4.78 is 0. The van der Waals surface area contributed by atoms with Crippen molar-refractivity contribution in [3.63, 3.8) is 0 Å². The Balaban J connectivity index is 1.53. The highest BCUT2D eigenvalue weighted by molar-refractivity contribution is 6.30. The third-order valence-corrected chi connectivity index (χ3v) is 6.28. The van der Waals surface area contributed by atoms with Crippen molar-refractivity contribution >= 4 is 23.4 Å². The molecule has 1 aliphatic heterocycles. The van der Waals surface area contributed by atoms with Gasteiger partial charge in [0.25, 0.3) is 5.91 Å². The van der Waals surface area contributed by atoms with Gasteiger partial charge in [0.2, 0.25) is 5.91 Å². The minimum atomic E-state index is -0.553. The summed E-state index contributed by atoms with van der Waals surface area (Å²) in [5, 5.41) is 6.68. The highest BCUT2D eigenvalue weighted by Crippen LogP contribution is 2.17. The number of nitrogens with one attached hydrogen (secondary N) is 2. The summed E-state index contributed by atoms with van der Waals surface area (Å²) >= 11 is 5.91. The van der Waals surface area contributed by atoms with E-state index in [0.717, 1.165) is 32.5 Å². The summed E-state index contributed by atoms with van der Waals surface area (Å²) in [6, 6.07) is 14.8. The van der Waals surface area contributed by atoms with Crippen molar-refractivity contribution in [1.82, 2.24) is 15.5 Å². The summed E-state index contributed by atoms with van der Waals surface area (Å²) in [6.07, 6.45) is 2.42. The predicted octanol–water partition coefficient (Wildman–Crippen LogP) is 4.57. The van der Waals surface area contributed by atoms with Crippen molar-refractivity contribution in [3.8, 4) is 0 Å². The monoisotopic (exact) mass is 455 g/mol. The Hall–Kier alpha value is -2.37. The van der Waals surface area contributed by atoms with Crippen LogP contribution in [0.15, 0.2) is 48.5 Å². The summed E-state index contributed by atoms with van der Waals surface area (Å²) in [5.74, 6) is -0.0684. The first-order valence-corrected chi connectivity index (χ1v) is 11.8. The van der Waals surface area contributed by atoms with Gasteiger partial charge in [0.1, 0.15) is 6.04 Å². The molecule has 1 unspecified atom stereocenters. The van der Waals surface area contributed by atoms with E-state index >= 15 is 0 Å². The molecule has 1 atom stereocenters. The van der Waals surface area contributed by atoms with E-state index in [-0.39, 0.29) is 23.8 Å². The fraction of sp³-hybridized carbons (Fsp3) is 0.462.